The number of anilines is 1. The second-order valence-electron chi connectivity index (χ2n) is 6.59. The minimum Gasteiger partial charge on any atom is -0.322 e. The van der Waals surface area contributed by atoms with E-state index in [4.69, 9.17) is 0 Å². The molecular formula is C20H23N3O3S. The average Bonchev–Trinajstić information content (AvgIpc) is 2.90. The van der Waals surface area contributed by atoms with Gasteiger partial charge in [0.05, 0.1) is 4.90 Å². The van der Waals surface area contributed by atoms with E-state index in [1.165, 1.54) is 12.1 Å². The first-order chi connectivity index (χ1) is 12.9. The Morgan fingerprint density at radius 1 is 1.04 bits per heavy atom. The molecule has 2 N–H and O–H groups in total. The minimum atomic E-state index is -3.67. The number of aliphatic imine (C=N–C) groups is 1. The number of amides is 1. The third-order valence-electron chi connectivity index (χ3n) is 4.33. The van der Waals surface area contributed by atoms with Crippen LogP contribution in [-0.2, 0) is 10.0 Å². The predicted octanol–water partition coefficient (Wildman–Crippen LogP) is 3.50. The first-order valence-electron chi connectivity index (χ1n) is 8.98. The Morgan fingerprint density at radius 3 is 2.56 bits per heavy atom. The highest BCUT2D eigenvalue weighted by molar-refractivity contribution is 7.90. The van der Waals surface area contributed by atoms with E-state index in [0.29, 0.717) is 30.1 Å². The van der Waals surface area contributed by atoms with Gasteiger partial charge in [-0.1, -0.05) is 24.1 Å². The van der Waals surface area contributed by atoms with Crippen molar-refractivity contribution in [3.8, 4) is 0 Å². The summed E-state index contributed by atoms with van der Waals surface area (Å²) in [6.45, 7) is 2.57. The van der Waals surface area contributed by atoms with Crippen molar-refractivity contribution in [2.75, 3.05) is 11.9 Å². The zero-order valence-electron chi connectivity index (χ0n) is 15.2. The van der Waals surface area contributed by atoms with Gasteiger partial charge in [0.1, 0.15) is 5.84 Å². The maximum absolute atomic E-state index is 12.5. The van der Waals surface area contributed by atoms with E-state index >= 15 is 0 Å². The van der Waals surface area contributed by atoms with Crippen molar-refractivity contribution in [1.29, 1.82) is 0 Å². The molecule has 6 nitrogen and oxygen atoms in total. The summed E-state index contributed by atoms with van der Waals surface area (Å²) in [5.74, 6) is 0.282. The molecule has 3 rings (SSSR count). The Labute approximate surface area is 159 Å². The maximum atomic E-state index is 12.5. The molecule has 0 atom stereocenters. The van der Waals surface area contributed by atoms with Gasteiger partial charge in [0.2, 0.25) is 0 Å². The highest BCUT2D eigenvalue weighted by Gasteiger charge is 2.17. The number of rotatable bonds is 4. The maximum Gasteiger partial charge on any atom is 0.262 e. The van der Waals surface area contributed by atoms with E-state index in [9.17, 15) is 13.2 Å². The van der Waals surface area contributed by atoms with Gasteiger partial charge in [0.15, 0.2) is 0 Å². The van der Waals surface area contributed by atoms with E-state index in [-0.39, 0.29) is 10.8 Å². The number of sulfonamides is 1. The average molecular weight is 385 g/mol. The van der Waals surface area contributed by atoms with Crippen LogP contribution in [0.2, 0.25) is 0 Å². The minimum absolute atomic E-state index is 0.142. The van der Waals surface area contributed by atoms with Gasteiger partial charge >= 0.3 is 0 Å². The second kappa shape index (κ2) is 8.35. The van der Waals surface area contributed by atoms with Crippen molar-refractivity contribution >= 4 is 27.5 Å². The summed E-state index contributed by atoms with van der Waals surface area (Å²) < 4.78 is 27.6. The quantitative estimate of drug-likeness (QED) is 0.844. The lowest BCUT2D eigenvalue weighted by atomic mass is 10.1. The van der Waals surface area contributed by atoms with Crippen molar-refractivity contribution in [2.24, 2.45) is 4.99 Å². The first kappa shape index (κ1) is 19.1. The van der Waals surface area contributed by atoms with Crippen LogP contribution in [0, 0.1) is 6.92 Å². The van der Waals surface area contributed by atoms with Crippen LogP contribution in [0.5, 0.6) is 0 Å². The third kappa shape index (κ3) is 5.17. The molecule has 0 unspecified atom stereocenters. The van der Waals surface area contributed by atoms with Crippen molar-refractivity contribution in [1.82, 2.24) is 4.72 Å². The molecule has 7 heteroatoms. The fourth-order valence-corrected chi connectivity index (χ4v) is 3.97. The summed E-state index contributed by atoms with van der Waals surface area (Å²) in [4.78, 5) is 16.7. The van der Waals surface area contributed by atoms with E-state index in [1.807, 2.05) is 19.1 Å². The van der Waals surface area contributed by atoms with Crippen LogP contribution in [0.3, 0.4) is 0 Å². The van der Waals surface area contributed by atoms with Crippen molar-refractivity contribution in [3.63, 3.8) is 0 Å². The molecule has 0 aromatic heterocycles. The fraction of sp³-hybridized carbons (Fsp3) is 0.300. The molecule has 0 fully saturated rings. The molecule has 2 aromatic carbocycles. The normalized spacial score (nSPS) is 14.8. The summed E-state index contributed by atoms with van der Waals surface area (Å²) in [6, 6.07) is 13.4. The van der Waals surface area contributed by atoms with Crippen LogP contribution in [0.1, 0.15) is 41.6 Å². The van der Waals surface area contributed by atoms with Gasteiger partial charge in [-0.15, -0.1) is 0 Å². The molecule has 1 aliphatic rings. The van der Waals surface area contributed by atoms with Crippen molar-refractivity contribution in [3.05, 3.63) is 59.7 Å². The lowest BCUT2D eigenvalue weighted by molar-refractivity contribution is 0.102. The van der Waals surface area contributed by atoms with Gasteiger partial charge in [-0.2, -0.15) is 0 Å². The molecule has 0 saturated heterocycles. The second-order valence-corrected chi connectivity index (χ2v) is 8.27. The number of nitrogens with one attached hydrogen (secondary N) is 2. The highest BCUT2D eigenvalue weighted by atomic mass is 32.2. The van der Waals surface area contributed by atoms with Crippen molar-refractivity contribution < 1.29 is 13.2 Å². The SMILES string of the molecule is Cc1cccc(C(=O)Nc2ccc(S(=O)(=O)NC3=NCCCCC3)cc2)c1. The molecule has 0 saturated carbocycles. The molecule has 2 aromatic rings. The summed E-state index contributed by atoms with van der Waals surface area (Å²) >= 11 is 0. The van der Waals surface area contributed by atoms with E-state index in [2.05, 4.69) is 15.0 Å². The standard InChI is InChI=1S/C20H23N3O3S/c1-15-6-5-7-16(14-15)20(24)22-17-9-11-18(12-10-17)27(25,26)23-19-8-3-2-4-13-21-19/h5-7,9-12,14H,2-4,8,13H2,1H3,(H,21,23)(H,22,24). The first-order valence-corrected chi connectivity index (χ1v) is 10.5. The topological polar surface area (TPSA) is 87.6 Å². The number of nitrogens with zero attached hydrogens (tertiary/aromatic N) is 1. The zero-order chi connectivity index (χ0) is 19.3. The molecule has 0 radical (unpaired) electrons. The number of carbonyl (C=O) groups excluding carboxylic acids is 1. The molecule has 1 heterocycles. The number of hydrogen-bond acceptors (Lipinski definition) is 4. The van der Waals surface area contributed by atoms with Crippen LogP contribution in [-0.4, -0.2) is 26.7 Å². The van der Waals surface area contributed by atoms with Crippen molar-refractivity contribution in [2.45, 2.75) is 37.5 Å². The van der Waals surface area contributed by atoms with E-state index in [0.717, 1.165) is 24.8 Å². The van der Waals surface area contributed by atoms with Crippen LogP contribution < -0.4 is 10.0 Å². The highest BCUT2D eigenvalue weighted by Crippen LogP contribution is 2.16. The molecular weight excluding hydrogens is 362 g/mol. The van der Waals surface area contributed by atoms with Crippen LogP contribution >= 0.6 is 0 Å². The molecule has 1 amide bonds. The van der Waals surface area contributed by atoms with Gasteiger partial charge in [-0.3, -0.25) is 14.5 Å². The molecule has 0 aliphatic carbocycles. The van der Waals surface area contributed by atoms with E-state index < -0.39 is 10.0 Å². The number of aryl methyl sites for hydroxylation is 1. The van der Waals surface area contributed by atoms with E-state index in [1.54, 1.807) is 24.3 Å². The Bertz CT molecular complexity index is 951. The van der Waals surface area contributed by atoms with Gasteiger partial charge in [-0.05, 0) is 56.2 Å². The largest absolute Gasteiger partial charge is 0.322 e. The Kier molecular flexibility index (Phi) is 5.91. The number of carbonyl (C=O) groups is 1. The van der Waals surface area contributed by atoms with Crippen LogP contribution in [0.15, 0.2) is 58.4 Å². The predicted molar refractivity (Wildman–Crippen MR) is 107 cm³/mol. The zero-order valence-corrected chi connectivity index (χ0v) is 16.1. The van der Waals surface area contributed by atoms with Gasteiger partial charge in [0, 0.05) is 24.2 Å². The Hall–Kier alpha value is -2.67. The summed E-state index contributed by atoms with van der Waals surface area (Å²) in [5.41, 5.74) is 2.09. The molecule has 0 bridgehead atoms. The lowest BCUT2D eigenvalue weighted by Crippen LogP contribution is -2.30. The Balaban J connectivity index is 1.69. The number of hydrogen-bond donors (Lipinski definition) is 2. The van der Waals surface area contributed by atoms with Gasteiger partial charge < -0.3 is 5.32 Å². The lowest BCUT2D eigenvalue weighted by Gasteiger charge is -2.11. The summed E-state index contributed by atoms with van der Waals surface area (Å²) in [6.07, 6.45) is 3.62. The number of amidine groups is 1. The molecule has 1 aliphatic heterocycles. The molecule has 0 spiro atoms. The van der Waals surface area contributed by atoms with Gasteiger partial charge in [-0.25, -0.2) is 8.42 Å². The summed E-state index contributed by atoms with van der Waals surface area (Å²) in [7, 11) is -3.67. The number of benzene rings is 2. The van der Waals surface area contributed by atoms with Gasteiger partial charge in [0.25, 0.3) is 15.9 Å². The monoisotopic (exact) mass is 385 g/mol. The molecule has 142 valence electrons. The van der Waals surface area contributed by atoms with Crippen LogP contribution in [0.4, 0.5) is 5.69 Å². The Morgan fingerprint density at radius 2 is 1.81 bits per heavy atom. The third-order valence-corrected chi connectivity index (χ3v) is 5.73. The molecule has 27 heavy (non-hydrogen) atoms. The summed E-state index contributed by atoms with van der Waals surface area (Å²) in [5, 5.41) is 2.78. The fourth-order valence-electron chi connectivity index (χ4n) is 2.88. The van der Waals surface area contributed by atoms with Crippen LogP contribution in [0.25, 0.3) is 0 Å². The smallest absolute Gasteiger partial charge is 0.262 e.